The summed E-state index contributed by atoms with van der Waals surface area (Å²) in [7, 11) is 0. The van der Waals surface area contributed by atoms with Gasteiger partial charge in [-0.2, -0.15) is 0 Å². The zero-order chi connectivity index (χ0) is 11.7. The minimum absolute atomic E-state index is 0.809. The van der Waals surface area contributed by atoms with Crippen LogP contribution in [0.15, 0.2) is 18.3 Å². The lowest BCUT2D eigenvalue weighted by atomic mass is 10.2. The smallest absolute Gasteiger partial charge is 0.129 e. The summed E-state index contributed by atoms with van der Waals surface area (Å²) in [5.74, 6) is 1.72. The van der Waals surface area contributed by atoms with Gasteiger partial charge in [0.15, 0.2) is 0 Å². The van der Waals surface area contributed by atoms with Crippen molar-refractivity contribution in [3.63, 3.8) is 0 Å². The van der Waals surface area contributed by atoms with Gasteiger partial charge in [0.1, 0.15) is 11.6 Å². The molecule has 0 radical (unpaired) electrons. The van der Waals surface area contributed by atoms with Crippen LogP contribution in [0, 0.1) is 6.92 Å². The molecule has 2 heterocycles. The van der Waals surface area contributed by atoms with Gasteiger partial charge in [-0.3, -0.25) is 0 Å². The largest absolute Gasteiger partial charge is 0.365 e. The Labute approximate surface area is 105 Å². The molecule has 17 heavy (non-hydrogen) atoms. The highest BCUT2D eigenvalue weighted by atomic mass is 32.1. The maximum absolute atomic E-state index is 4.33. The number of hydrogen-bond acceptors (Lipinski definition) is 4. The number of nitrogens with one attached hydrogen (secondary N) is 1. The molecule has 0 aliphatic heterocycles. The zero-order valence-corrected chi connectivity index (χ0v) is 10.7. The van der Waals surface area contributed by atoms with E-state index >= 15 is 0 Å². The summed E-state index contributed by atoms with van der Waals surface area (Å²) in [4.78, 5) is 11.4. The number of thiophene rings is 1. The van der Waals surface area contributed by atoms with Crippen molar-refractivity contribution in [3.8, 4) is 0 Å². The van der Waals surface area contributed by atoms with Crippen molar-refractivity contribution in [2.75, 3.05) is 5.32 Å². The number of anilines is 1. The van der Waals surface area contributed by atoms with Gasteiger partial charge in [-0.1, -0.05) is 0 Å². The lowest BCUT2D eigenvalue weighted by Crippen LogP contribution is -2.01. The van der Waals surface area contributed by atoms with Gasteiger partial charge in [-0.05, 0) is 43.9 Å². The monoisotopic (exact) mass is 245 g/mol. The molecule has 1 N–H and O–H groups in total. The van der Waals surface area contributed by atoms with Gasteiger partial charge in [-0.15, -0.1) is 11.3 Å². The fraction of sp³-hybridized carbons (Fsp3) is 0.385. The highest BCUT2D eigenvalue weighted by Crippen LogP contribution is 2.30. The average molecular weight is 245 g/mol. The third-order valence-corrected chi connectivity index (χ3v) is 4.25. The fourth-order valence-corrected chi connectivity index (χ4v) is 3.41. The first-order chi connectivity index (χ1) is 8.31. The van der Waals surface area contributed by atoms with Crippen LogP contribution in [-0.2, 0) is 19.4 Å². The number of rotatable bonds is 3. The van der Waals surface area contributed by atoms with Crippen molar-refractivity contribution in [2.45, 2.75) is 32.7 Å². The first kappa shape index (κ1) is 10.7. The van der Waals surface area contributed by atoms with Gasteiger partial charge in [0.2, 0.25) is 0 Å². The van der Waals surface area contributed by atoms with Crippen molar-refractivity contribution in [3.05, 3.63) is 39.5 Å². The summed E-state index contributed by atoms with van der Waals surface area (Å²) in [5, 5.41) is 3.35. The second kappa shape index (κ2) is 4.45. The lowest BCUT2D eigenvalue weighted by Gasteiger charge is -2.03. The van der Waals surface area contributed by atoms with E-state index in [4.69, 9.17) is 0 Å². The first-order valence-corrected chi connectivity index (χ1v) is 6.77. The molecule has 0 amide bonds. The molecule has 0 saturated heterocycles. The van der Waals surface area contributed by atoms with Crippen LogP contribution in [0.4, 0.5) is 5.82 Å². The van der Waals surface area contributed by atoms with Crippen molar-refractivity contribution < 1.29 is 0 Å². The lowest BCUT2D eigenvalue weighted by molar-refractivity contribution is 0.913. The second-order valence-electron chi connectivity index (χ2n) is 4.36. The minimum atomic E-state index is 0.809. The van der Waals surface area contributed by atoms with Crippen LogP contribution in [0.1, 0.15) is 27.6 Å². The van der Waals surface area contributed by atoms with Crippen LogP contribution in [0.2, 0.25) is 0 Å². The van der Waals surface area contributed by atoms with Crippen LogP contribution >= 0.6 is 11.3 Å². The van der Waals surface area contributed by atoms with E-state index in [1.165, 1.54) is 24.1 Å². The highest BCUT2D eigenvalue weighted by Gasteiger charge is 2.14. The molecule has 0 saturated carbocycles. The van der Waals surface area contributed by atoms with Crippen molar-refractivity contribution in [1.29, 1.82) is 0 Å². The SMILES string of the molecule is Cc1nccc(NCc2cc3c(s2)CCC3)n1. The van der Waals surface area contributed by atoms with Crippen LogP contribution in [0.25, 0.3) is 0 Å². The van der Waals surface area contributed by atoms with E-state index in [9.17, 15) is 0 Å². The fourth-order valence-electron chi connectivity index (χ4n) is 2.21. The van der Waals surface area contributed by atoms with E-state index < -0.39 is 0 Å². The maximum atomic E-state index is 4.33. The Morgan fingerprint density at radius 2 is 2.35 bits per heavy atom. The molecule has 0 spiro atoms. The van der Waals surface area contributed by atoms with E-state index in [0.717, 1.165) is 18.2 Å². The average Bonchev–Trinajstić information content (AvgIpc) is 2.86. The van der Waals surface area contributed by atoms with Crippen LogP contribution < -0.4 is 5.32 Å². The number of aromatic nitrogens is 2. The molecule has 0 unspecified atom stereocenters. The van der Waals surface area contributed by atoms with Crippen LogP contribution in [0.3, 0.4) is 0 Å². The molecule has 0 aromatic carbocycles. The Hall–Kier alpha value is -1.42. The van der Waals surface area contributed by atoms with Crippen molar-refractivity contribution >= 4 is 17.2 Å². The molecule has 3 rings (SSSR count). The molecule has 1 aliphatic rings. The van der Waals surface area contributed by atoms with Crippen LogP contribution in [-0.4, -0.2) is 9.97 Å². The van der Waals surface area contributed by atoms with E-state index in [-0.39, 0.29) is 0 Å². The maximum Gasteiger partial charge on any atom is 0.129 e. The molecular formula is C13H15N3S. The molecule has 88 valence electrons. The molecule has 0 atom stereocenters. The van der Waals surface area contributed by atoms with Crippen molar-refractivity contribution in [2.24, 2.45) is 0 Å². The number of fused-ring (bicyclic) bond motifs is 1. The molecule has 0 bridgehead atoms. The number of nitrogens with zero attached hydrogens (tertiary/aromatic N) is 2. The highest BCUT2D eigenvalue weighted by molar-refractivity contribution is 7.12. The van der Waals surface area contributed by atoms with E-state index in [1.54, 1.807) is 16.6 Å². The third kappa shape index (κ3) is 2.31. The molecule has 3 nitrogen and oxygen atoms in total. The van der Waals surface area contributed by atoms with Gasteiger partial charge in [0, 0.05) is 16.0 Å². The second-order valence-corrected chi connectivity index (χ2v) is 5.58. The Kier molecular flexibility index (Phi) is 2.81. The molecule has 1 aliphatic carbocycles. The summed E-state index contributed by atoms with van der Waals surface area (Å²) in [6.07, 6.45) is 5.66. The van der Waals surface area contributed by atoms with Gasteiger partial charge in [-0.25, -0.2) is 9.97 Å². The molecule has 2 aromatic rings. The Morgan fingerprint density at radius 1 is 1.41 bits per heavy atom. The van der Waals surface area contributed by atoms with Gasteiger partial charge in [0.25, 0.3) is 0 Å². The summed E-state index contributed by atoms with van der Waals surface area (Å²) >= 11 is 1.94. The number of hydrogen-bond donors (Lipinski definition) is 1. The van der Waals surface area contributed by atoms with E-state index in [2.05, 4.69) is 21.4 Å². The summed E-state index contributed by atoms with van der Waals surface area (Å²) < 4.78 is 0. The van der Waals surface area contributed by atoms with Gasteiger partial charge in [0.05, 0.1) is 6.54 Å². The Morgan fingerprint density at radius 3 is 3.18 bits per heavy atom. The molecular weight excluding hydrogens is 230 g/mol. The quantitative estimate of drug-likeness (QED) is 0.903. The zero-order valence-electron chi connectivity index (χ0n) is 9.86. The third-order valence-electron chi connectivity index (χ3n) is 3.02. The molecule has 2 aromatic heterocycles. The van der Waals surface area contributed by atoms with Crippen LogP contribution in [0.5, 0.6) is 0 Å². The summed E-state index contributed by atoms with van der Waals surface area (Å²) in [5.41, 5.74) is 1.56. The molecule has 4 heteroatoms. The van der Waals surface area contributed by atoms with Crippen molar-refractivity contribution in [1.82, 2.24) is 9.97 Å². The van der Waals surface area contributed by atoms with Gasteiger partial charge >= 0.3 is 0 Å². The Balaban J connectivity index is 1.67. The summed E-state index contributed by atoms with van der Waals surface area (Å²) in [6, 6.07) is 4.25. The number of aryl methyl sites for hydroxylation is 3. The standard InChI is InChI=1S/C13H15N3S/c1-9-14-6-5-13(16-9)15-8-11-7-10-3-2-4-12(10)17-11/h5-7H,2-4,8H2,1H3,(H,14,15,16). The van der Waals surface area contributed by atoms with E-state index in [0.29, 0.717) is 0 Å². The molecule has 0 fully saturated rings. The predicted molar refractivity (Wildman–Crippen MR) is 70.4 cm³/mol. The first-order valence-electron chi connectivity index (χ1n) is 5.95. The normalized spacial score (nSPS) is 13.7. The summed E-state index contributed by atoms with van der Waals surface area (Å²) in [6.45, 7) is 2.78. The van der Waals surface area contributed by atoms with E-state index in [1.807, 2.05) is 24.3 Å². The van der Waals surface area contributed by atoms with Gasteiger partial charge < -0.3 is 5.32 Å². The predicted octanol–water partition coefficient (Wildman–Crippen LogP) is 2.95. The minimum Gasteiger partial charge on any atom is -0.365 e. The Bertz CT molecular complexity index is 512. The topological polar surface area (TPSA) is 37.8 Å².